The molecule has 2 heterocycles. The molecule has 0 saturated heterocycles. The number of nitrogens with one attached hydrogen (secondary N) is 1. The molecule has 0 spiro atoms. The Labute approximate surface area is 189 Å². The Morgan fingerprint density at radius 3 is 2.72 bits per heavy atom. The smallest absolute Gasteiger partial charge is 0.257 e. The zero-order chi connectivity index (χ0) is 22.1. The standard InChI is InChI=1S/C24H21FN4O2S/c25-21-7-6-17(9-20(21)16-11-26-14-27-12-16)24-10-19(30)8-18(24)13-32-23(29-24)28-22(31)15-4-2-1-3-5-15/h1-7,9,11-12,14,18-19,30H,8,10,13H2,(H,28,29,31). The van der Waals surface area contributed by atoms with Gasteiger partial charge in [-0.2, -0.15) is 0 Å². The lowest BCUT2D eigenvalue weighted by Crippen LogP contribution is -2.40. The summed E-state index contributed by atoms with van der Waals surface area (Å²) in [6.07, 6.45) is 5.05. The average Bonchev–Trinajstić information content (AvgIpc) is 3.16. The van der Waals surface area contributed by atoms with E-state index in [1.165, 1.54) is 24.2 Å². The quantitative estimate of drug-likeness (QED) is 0.637. The fourth-order valence-electron chi connectivity index (χ4n) is 4.56. The number of hydrogen-bond donors (Lipinski definition) is 2. The van der Waals surface area contributed by atoms with Crippen LogP contribution in [0.5, 0.6) is 0 Å². The lowest BCUT2D eigenvalue weighted by Gasteiger charge is -2.36. The van der Waals surface area contributed by atoms with Crippen LogP contribution in [0, 0.1) is 11.7 Å². The van der Waals surface area contributed by atoms with Gasteiger partial charge in [0, 0.05) is 47.2 Å². The van der Waals surface area contributed by atoms with E-state index in [-0.39, 0.29) is 17.6 Å². The van der Waals surface area contributed by atoms with Crippen LogP contribution in [0.4, 0.5) is 4.39 Å². The largest absolute Gasteiger partial charge is 0.393 e. The van der Waals surface area contributed by atoms with E-state index in [0.29, 0.717) is 40.5 Å². The SMILES string of the molecule is O=C(NC1=NC2(c3ccc(F)c(-c4cncnc4)c3)CC(O)CC2CS1)c1ccccc1. The minimum absolute atomic E-state index is 0.0743. The van der Waals surface area contributed by atoms with E-state index in [4.69, 9.17) is 4.99 Å². The summed E-state index contributed by atoms with van der Waals surface area (Å²) >= 11 is 1.47. The van der Waals surface area contributed by atoms with Crippen molar-refractivity contribution in [2.75, 3.05) is 5.75 Å². The molecular formula is C24H21FN4O2S. The Bertz CT molecular complexity index is 1180. The third kappa shape index (κ3) is 3.80. The van der Waals surface area contributed by atoms with Gasteiger partial charge in [0.05, 0.1) is 11.6 Å². The van der Waals surface area contributed by atoms with Crippen LogP contribution in [0.25, 0.3) is 11.1 Å². The number of thioether (sulfide) groups is 1. The maximum absolute atomic E-state index is 14.7. The van der Waals surface area contributed by atoms with Gasteiger partial charge in [0.25, 0.3) is 5.91 Å². The van der Waals surface area contributed by atoms with Gasteiger partial charge in [-0.1, -0.05) is 36.0 Å². The van der Waals surface area contributed by atoms with E-state index < -0.39 is 11.6 Å². The van der Waals surface area contributed by atoms with E-state index in [1.807, 2.05) is 18.2 Å². The highest BCUT2D eigenvalue weighted by Crippen LogP contribution is 2.51. The second-order valence-electron chi connectivity index (χ2n) is 8.08. The van der Waals surface area contributed by atoms with Crippen molar-refractivity contribution >= 4 is 22.8 Å². The van der Waals surface area contributed by atoms with Gasteiger partial charge in [0.15, 0.2) is 5.17 Å². The predicted molar refractivity (Wildman–Crippen MR) is 122 cm³/mol. The molecule has 5 rings (SSSR count). The van der Waals surface area contributed by atoms with Crippen molar-refractivity contribution in [3.8, 4) is 11.1 Å². The highest BCUT2D eigenvalue weighted by Gasteiger charge is 2.50. The number of carbonyl (C=O) groups is 1. The number of hydrogen-bond acceptors (Lipinski definition) is 6. The van der Waals surface area contributed by atoms with Crippen molar-refractivity contribution in [1.29, 1.82) is 0 Å². The minimum Gasteiger partial charge on any atom is -0.393 e. The fraction of sp³-hybridized carbons (Fsp3) is 0.250. The zero-order valence-electron chi connectivity index (χ0n) is 17.1. The molecule has 6 nitrogen and oxygen atoms in total. The molecule has 162 valence electrons. The van der Waals surface area contributed by atoms with Crippen LogP contribution in [0.1, 0.15) is 28.8 Å². The molecule has 2 N–H and O–H groups in total. The first kappa shape index (κ1) is 20.8. The second-order valence-corrected chi connectivity index (χ2v) is 9.09. The predicted octanol–water partition coefficient (Wildman–Crippen LogP) is 3.78. The monoisotopic (exact) mass is 448 g/mol. The van der Waals surface area contributed by atoms with Gasteiger partial charge in [-0.25, -0.2) is 14.4 Å². The summed E-state index contributed by atoms with van der Waals surface area (Å²) in [5.41, 5.74) is 1.59. The van der Waals surface area contributed by atoms with Crippen LogP contribution in [0.15, 0.2) is 72.2 Å². The van der Waals surface area contributed by atoms with E-state index in [2.05, 4.69) is 15.3 Å². The van der Waals surface area contributed by atoms with Gasteiger partial charge < -0.3 is 10.4 Å². The first-order valence-electron chi connectivity index (χ1n) is 10.4. The molecule has 3 unspecified atom stereocenters. The van der Waals surface area contributed by atoms with Crippen LogP contribution < -0.4 is 5.32 Å². The van der Waals surface area contributed by atoms with Crippen molar-refractivity contribution in [2.45, 2.75) is 24.5 Å². The number of carbonyl (C=O) groups excluding carboxylic acids is 1. The molecule has 1 aliphatic heterocycles. The molecule has 1 amide bonds. The Balaban J connectivity index is 1.54. The van der Waals surface area contributed by atoms with Gasteiger partial charge in [0.1, 0.15) is 12.1 Å². The highest BCUT2D eigenvalue weighted by atomic mass is 32.2. The molecule has 0 bridgehead atoms. The van der Waals surface area contributed by atoms with Gasteiger partial charge in [-0.3, -0.25) is 9.79 Å². The fourth-order valence-corrected chi connectivity index (χ4v) is 5.73. The third-order valence-electron chi connectivity index (χ3n) is 6.10. The van der Waals surface area contributed by atoms with Gasteiger partial charge >= 0.3 is 0 Å². The van der Waals surface area contributed by atoms with Crippen molar-refractivity contribution in [3.05, 3.63) is 84.2 Å². The molecule has 1 aromatic heterocycles. The minimum atomic E-state index is -0.734. The summed E-state index contributed by atoms with van der Waals surface area (Å²) in [4.78, 5) is 25.6. The number of fused-ring (bicyclic) bond motifs is 1. The Morgan fingerprint density at radius 2 is 1.94 bits per heavy atom. The average molecular weight is 449 g/mol. The number of aliphatic hydroxyl groups is 1. The number of amides is 1. The van der Waals surface area contributed by atoms with E-state index in [0.717, 1.165) is 5.56 Å². The zero-order valence-corrected chi connectivity index (χ0v) is 17.9. The molecular weight excluding hydrogens is 427 g/mol. The lowest BCUT2D eigenvalue weighted by molar-refractivity contribution is 0.0977. The number of aliphatic hydroxyl groups excluding tert-OH is 1. The number of aromatic nitrogens is 2. The third-order valence-corrected chi connectivity index (χ3v) is 7.13. The summed E-state index contributed by atoms with van der Waals surface area (Å²) in [6, 6.07) is 13.9. The van der Waals surface area contributed by atoms with Crippen molar-refractivity contribution in [1.82, 2.24) is 15.3 Å². The van der Waals surface area contributed by atoms with Gasteiger partial charge in [-0.15, -0.1) is 0 Å². The number of nitrogens with zero attached hydrogens (tertiary/aromatic N) is 3. The molecule has 0 radical (unpaired) electrons. The summed E-state index contributed by atoms with van der Waals surface area (Å²) in [5.74, 6) is 0.170. The van der Waals surface area contributed by atoms with Crippen LogP contribution in [-0.4, -0.2) is 38.0 Å². The normalized spacial score (nSPS) is 24.5. The van der Waals surface area contributed by atoms with Crippen molar-refractivity contribution in [2.24, 2.45) is 10.9 Å². The van der Waals surface area contributed by atoms with E-state index in [1.54, 1.807) is 36.7 Å². The maximum atomic E-state index is 14.7. The van der Waals surface area contributed by atoms with Crippen molar-refractivity contribution < 1.29 is 14.3 Å². The molecule has 2 aliphatic rings. The second kappa shape index (κ2) is 8.44. The molecule has 8 heteroatoms. The molecule has 1 aliphatic carbocycles. The van der Waals surface area contributed by atoms with Crippen molar-refractivity contribution in [3.63, 3.8) is 0 Å². The first-order valence-corrected chi connectivity index (χ1v) is 11.4. The van der Waals surface area contributed by atoms with Gasteiger partial charge in [0.2, 0.25) is 0 Å². The van der Waals surface area contributed by atoms with Crippen LogP contribution in [0.3, 0.4) is 0 Å². The Morgan fingerprint density at radius 1 is 1.16 bits per heavy atom. The molecule has 32 heavy (non-hydrogen) atoms. The number of amidine groups is 1. The number of rotatable bonds is 3. The Kier molecular flexibility index (Phi) is 5.48. The number of benzene rings is 2. The summed E-state index contributed by atoms with van der Waals surface area (Å²) in [7, 11) is 0. The number of aliphatic imine (C=N–C) groups is 1. The Hall–Kier alpha value is -3.10. The number of halogens is 1. The molecule has 1 fully saturated rings. The highest BCUT2D eigenvalue weighted by molar-refractivity contribution is 8.13. The molecule has 1 saturated carbocycles. The summed E-state index contributed by atoms with van der Waals surface area (Å²) in [6.45, 7) is 0. The molecule has 3 atom stereocenters. The summed E-state index contributed by atoms with van der Waals surface area (Å²) < 4.78 is 14.7. The van der Waals surface area contributed by atoms with E-state index >= 15 is 0 Å². The maximum Gasteiger partial charge on any atom is 0.257 e. The molecule has 3 aromatic rings. The van der Waals surface area contributed by atoms with Crippen LogP contribution >= 0.6 is 11.8 Å². The topological polar surface area (TPSA) is 87.5 Å². The van der Waals surface area contributed by atoms with Crippen LogP contribution in [0.2, 0.25) is 0 Å². The summed E-state index contributed by atoms with van der Waals surface area (Å²) in [5, 5.41) is 13.9. The first-order chi connectivity index (χ1) is 15.5. The molecule has 2 aromatic carbocycles. The van der Waals surface area contributed by atoms with Crippen LogP contribution in [-0.2, 0) is 5.54 Å². The van der Waals surface area contributed by atoms with E-state index in [9.17, 15) is 14.3 Å². The van der Waals surface area contributed by atoms with Gasteiger partial charge in [-0.05, 0) is 36.2 Å². The lowest BCUT2D eigenvalue weighted by atomic mass is 9.80.